The van der Waals surface area contributed by atoms with E-state index >= 15 is 0 Å². The van der Waals surface area contributed by atoms with Crippen LogP contribution in [0.3, 0.4) is 0 Å². The monoisotopic (exact) mass is 423 g/mol. The molecular formula is C22H21N3O6. The molecule has 160 valence electrons. The number of amides is 2. The molecule has 2 aromatic carbocycles. The summed E-state index contributed by atoms with van der Waals surface area (Å²) in [6.07, 6.45) is 4.10. The first-order valence-electron chi connectivity index (χ1n) is 10.1. The molecule has 2 heterocycles. The number of benzene rings is 2. The van der Waals surface area contributed by atoms with Gasteiger partial charge in [0.15, 0.2) is 6.73 Å². The molecule has 31 heavy (non-hydrogen) atoms. The molecule has 2 aromatic rings. The van der Waals surface area contributed by atoms with Crippen molar-refractivity contribution < 1.29 is 24.0 Å². The van der Waals surface area contributed by atoms with Crippen LogP contribution in [0.1, 0.15) is 56.8 Å². The van der Waals surface area contributed by atoms with Gasteiger partial charge in [-0.3, -0.25) is 19.7 Å². The Hall–Kier alpha value is -3.75. The molecule has 1 saturated heterocycles. The van der Waals surface area contributed by atoms with Crippen molar-refractivity contribution in [1.29, 1.82) is 0 Å². The average molecular weight is 423 g/mol. The summed E-state index contributed by atoms with van der Waals surface area (Å²) in [4.78, 5) is 51.2. The number of nitro groups is 1. The van der Waals surface area contributed by atoms with Gasteiger partial charge in [-0.15, -0.1) is 0 Å². The predicted octanol–water partition coefficient (Wildman–Crippen LogP) is 3.39. The summed E-state index contributed by atoms with van der Waals surface area (Å²) in [5.74, 6) is -1.94. The number of nitrogens with zero attached hydrogens (tertiary/aromatic N) is 3. The van der Waals surface area contributed by atoms with Gasteiger partial charge in [-0.1, -0.05) is 25.0 Å². The largest absolute Gasteiger partial charge is 0.440 e. The molecule has 4 rings (SSSR count). The van der Waals surface area contributed by atoms with Crippen molar-refractivity contribution >= 4 is 29.2 Å². The van der Waals surface area contributed by atoms with Crippen molar-refractivity contribution in [1.82, 2.24) is 4.90 Å². The molecule has 2 aliphatic rings. The second kappa shape index (κ2) is 8.55. The van der Waals surface area contributed by atoms with E-state index in [-0.39, 0.29) is 22.4 Å². The van der Waals surface area contributed by atoms with E-state index in [2.05, 4.69) is 0 Å². The second-order valence-corrected chi connectivity index (χ2v) is 7.51. The minimum Gasteiger partial charge on any atom is -0.440 e. The summed E-state index contributed by atoms with van der Waals surface area (Å²) in [5, 5.41) is 11.6. The summed E-state index contributed by atoms with van der Waals surface area (Å²) in [6, 6.07) is 10.6. The van der Waals surface area contributed by atoms with Crippen LogP contribution < -0.4 is 4.90 Å². The summed E-state index contributed by atoms with van der Waals surface area (Å²) in [7, 11) is 0. The zero-order chi connectivity index (χ0) is 22.0. The van der Waals surface area contributed by atoms with Gasteiger partial charge in [0, 0.05) is 19.2 Å². The first-order chi connectivity index (χ1) is 15.0. The van der Waals surface area contributed by atoms with Crippen LogP contribution >= 0.6 is 0 Å². The lowest BCUT2D eigenvalue weighted by Crippen LogP contribution is -2.33. The van der Waals surface area contributed by atoms with Crippen LogP contribution in [0.2, 0.25) is 0 Å². The van der Waals surface area contributed by atoms with Gasteiger partial charge in [-0.2, -0.15) is 0 Å². The zero-order valence-corrected chi connectivity index (χ0v) is 16.8. The average Bonchev–Trinajstić information content (AvgIpc) is 2.96. The maximum atomic E-state index is 12.5. The van der Waals surface area contributed by atoms with Crippen molar-refractivity contribution in [3.63, 3.8) is 0 Å². The van der Waals surface area contributed by atoms with E-state index in [9.17, 15) is 24.5 Å². The topological polar surface area (TPSA) is 110 Å². The van der Waals surface area contributed by atoms with Crippen LogP contribution in [0.15, 0.2) is 42.5 Å². The van der Waals surface area contributed by atoms with Gasteiger partial charge in [0.05, 0.1) is 21.6 Å². The predicted molar refractivity (Wildman–Crippen MR) is 111 cm³/mol. The fraction of sp³-hybridized carbons (Fsp3) is 0.318. The number of rotatable bonds is 5. The van der Waals surface area contributed by atoms with Crippen LogP contribution in [0.5, 0.6) is 0 Å². The highest BCUT2D eigenvalue weighted by Gasteiger charge is 2.36. The van der Waals surface area contributed by atoms with Gasteiger partial charge < -0.3 is 9.64 Å². The first-order valence-corrected chi connectivity index (χ1v) is 10.1. The summed E-state index contributed by atoms with van der Waals surface area (Å²) in [5.41, 5.74) is 0.796. The fourth-order valence-corrected chi connectivity index (χ4v) is 3.94. The number of hydrogen-bond donors (Lipinski definition) is 0. The second-order valence-electron chi connectivity index (χ2n) is 7.51. The summed E-state index contributed by atoms with van der Waals surface area (Å²) < 4.78 is 5.13. The standard InChI is InChI=1S/C22H21N3O6/c26-20-16-7-3-4-8-17(16)21(27)24(20)14-31-22(28)15-9-10-18(19(13-15)25(29)30)23-11-5-1-2-6-12-23/h3-4,7-10,13H,1-2,5-6,11-12,14H2. The Morgan fingerprint density at radius 1 is 0.968 bits per heavy atom. The number of carbonyl (C=O) groups excluding carboxylic acids is 3. The van der Waals surface area contributed by atoms with Crippen LogP contribution in [-0.4, -0.2) is 47.4 Å². The smallest absolute Gasteiger partial charge is 0.340 e. The van der Waals surface area contributed by atoms with E-state index in [1.54, 1.807) is 18.2 Å². The highest BCUT2D eigenvalue weighted by atomic mass is 16.6. The molecule has 0 spiro atoms. The molecule has 9 heteroatoms. The molecule has 0 atom stereocenters. The maximum absolute atomic E-state index is 12.5. The van der Waals surface area contributed by atoms with Crippen LogP contribution in [0, 0.1) is 10.1 Å². The Morgan fingerprint density at radius 3 is 2.16 bits per heavy atom. The van der Waals surface area contributed by atoms with Gasteiger partial charge in [-0.25, -0.2) is 9.69 Å². The fourth-order valence-electron chi connectivity index (χ4n) is 3.94. The Balaban J connectivity index is 1.49. The van der Waals surface area contributed by atoms with E-state index in [1.807, 2.05) is 4.90 Å². The molecule has 0 N–H and O–H groups in total. The lowest BCUT2D eigenvalue weighted by molar-refractivity contribution is -0.384. The highest BCUT2D eigenvalue weighted by Crippen LogP contribution is 2.31. The lowest BCUT2D eigenvalue weighted by atomic mass is 10.1. The Bertz CT molecular complexity index is 1020. The number of nitro benzene ring substituents is 1. The number of anilines is 1. The quantitative estimate of drug-likeness (QED) is 0.314. The number of hydrogen-bond acceptors (Lipinski definition) is 7. The van der Waals surface area contributed by atoms with Crippen LogP contribution in [-0.2, 0) is 4.74 Å². The van der Waals surface area contributed by atoms with E-state index in [4.69, 9.17) is 4.74 Å². The normalized spacial score (nSPS) is 16.1. The Kier molecular flexibility index (Phi) is 5.66. The summed E-state index contributed by atoms with van der Waals surface area (Å²) >= 11 is 0. The molecule has 1 fully saturated rings. The van der Waals surface area contributed by atoms with E-state index < -0.39 is 29.4 Å². The Labute approximate surface area is 178 Å². The third kappa shape index (κ3) is 3.98. The molecule has 0 aliphatic carbocycles. The van der Waals surface area contributed by atoms with E-state index in [0.29, 0.717) is 5.69 Å². The van der Waals surface area contributed by atoms with Gasteiger partial charge in [0.1, 0.15) is 5.69 Å². The SMILES string of the molecule is O=C(OCN1C(=O)c2ccccc2C1=O)c1ccc(N2CCCCCC2)c([N+](=O)[O-])c1. The Morgan fingerprint density at radius 2 is 1.58 bits per heavy atom. The number of esters is 1. The molecule has 2 aliphatic heterocycles. The van der Waals surface area contributed by atoms with Crippen molar-refractivity contribution in [3.8, 4) is 0 Å². The van der Waals surface area contributed by atoms with Gasteiger partial charge in [0.25, 0.3) is 17.5 Å². The highest BCUT2D eigenvalue weighted by molar-refractivity contribution is 6.21. The minimum atomic E-state index is -0.845. The molecular weight excluding hydrogens is 402 g/mol. The van der Waals surface area contributed by atoms with Crippen molar-refractivity contribution in [2.24, 2.45) is 0 Å². The zero-order valence-electron chi connectivity index (χ0n) is 16.8. The lowest BCUT2D eigenvalue weighted by Gasteiger charge is -2.22. The van der Waals surface area contributed by atoms with Crippen molar-refractivity contribution in [3.05, 3.63) is 69.3 Å². The first kappa shape index (κ1) is 20.5. The number of ether oxygens (including phenoxy) is 1. The molecule has 0 unspecified atom stereocenters. The van der Waals surface area contributed by atoms with Crippen LogP contribution in [0.25, 0.3) is 0 Å². The van der Waals surface area contributed by atoms with Crippen molar-refractivity contribution in [2.45, 2.75) is 25.7 Å². The van der Waals surface area contributed by atoms with Gasteiger partial charge in [-0.05, 0) is 37.1 Å². The van der Waals surface area contributed by atoms with Crippen molar-refractivity contribution in [2.75, 3.05) is 24.7 Å². The minimum absolute atomic E-state index is 0.0121. The number of carbonyl (C=O) groups is 3. The molecule has 0 radical (unpaired) electrons. The number of fused-ring (bicyclic) bond motifs is 1. The van der Waals surface area contributed by atoms with E-state index in [1.165, 1.54) is 24.3 Å². The third-order valence-corrected chi connectivity index (χ3v) is 5.56. The van der Waals surface area contributed by atoms with E-state index in [0.717, 1.165) is 43.7 Å². The number of imide groups is 1. The van der Waals surface area contributed by atoms with Gasteiger partial charge >= 0.3 is 5.97 Å². The maximum Gasteiger partial charge on any atom is 0.340 e. The molecule has 9 nitrogen and oxygen atoms in total. The van der Waals surface area contributed by atoms with Crippen LogP contribution in [0.4, 0.5) is 11.4 Å². The van der Waals surface area contributed by atoms with Gasteiger partial charge in [0.2, 0.25) is 0 Å². The molecule has 2 amide bonds. The molecule has 0 bridgehead atoms. The molecule has 0 aromatic heterocycles. The third-order valence-electron chi connectivity index (χ3n) is 5.56. The molecule has 0 saturated carbocycles. The summed E-state index contributed by atoms with van der Waals surface area (Å²) in [6.45, 7) is 0.890.